The molecular formula is C13H12N4O3. The molecule has 0 amide bonds. The summed E-state index contributed by atoms with van der Waals surface area (Å²) in [6.45, 7) is 1.75. The van der Waals surface area contributed by atoms with E-state index < -0.39 is 23.0 Å². The van der Waals surface area contributed by atoms with Crippen LogP contribution in [0.25, 0.3) is 11.2 Å². The van der Waals surface area contributed by atoms with E-state index in [4.69, 9.17) is 0 Å². The van der Waals surface area contributed by atoms with Crippen LogP contribution in [0.3, 0.4) is 0 Å². The molecule has 0 radical (unpaired) electrons. The van der Waals surface area contributed by atoms with Crippen molar-refractivity contribution in [3.05, 3.63) is 67.2 Å². The lowest BCUT2D eigenvalue weighted by Crippen LogP contribution is -2.37. The number of aromatic amines is 3. The van der Waals surface area contributed by atoms with E-state index in [9.17, 15) is 14.4 Å². The zero-order chi connectivity index (χ0) is 14.3. The quantitative estimate of drug-likeness (QED) is 0.625. The average molecular weight is 272 g/mol. The molecule has 1 unspecified atom stereocenters. The van der Waals surface area contributed by atoms with Crippen molar-refractivity contribution in [1.82, 2.24) is 19.5 Å². The SMILES string of the molecule is CC(c1ccccc1)n1c(=O)[nH]c2[nH]c(=O)[nH]c2c1=O. The first kappa shape index (κ1) is 12.2. The van der Waals surface area contributed by atoms with Crippen LogP contribution in [0.15, 0.2) is 44.7 Å². The zero-order valence-electron chi connectivity index (χ0n) is 10.6. The van der Waals surface area contributed by atoms with Crippen LogP contribution in [0.2, 0.25) is 0 Å². The summed E-state index contributed by atoms with van der Waals surface area (Å²) < 4.78 is 1.08. The number of hydrogen-bond acceptors (Lipinski definition) is 3. The second kappa shape index (κ2) is 4.37. The first-order valence-corrected chi connectivity index (χ1v) is 6.09. The number of H-pyrrole nitrogens is 3. The van der Waals surface area contributed by atoms with Crippen molar-refractivity contribution >= 4 is 11.2 Å². The van der Waals surface area contributed by atoms with E-state index in [0.29, 0.717) is 0 Å². The van der Waals surface area contributed by atoms with Crippen molar-refractivity contribution in [3.8, 4) is 0 Å². The first-order valence-electron chi connectivity index (χ1n) is 6.09. The third kappa shape index (κ3) is 1.80. The fourth-order valence-corrected chi connectivity index (χ4v) is 2.25. The summed E-state index contributed by atoms with van der Waals surface area (Å²) in [6.07, 6.45) is 0. The van der Waals surface area contributed by atoms with Gasteiger partial charge in [0.2, 0.25) is 0 Å². The van der Waals surface area contributed by atoms with E-state index in [1.807, 2.05) is 30.3 Å². The van der Waals surface area contributed by atoms with E-state index >= 15 is 0 Å². The summed E-state index contributed by atoms with van der Waals surface area (Å²) in [4.78, 5) is 42.8. The van der Waals surface area contributed by atoms with E-state index in [-0.39, 0.29) is 11.2 Å². The predicted octanol–water partition coefficient (Wildman–Crippen LogP) is 0.315. The molecule has 3 aromatic rings. The monoisotopic (exact) mass is 272 g/mol. The summed E-state index contributed by atoms with van der Waals surface area (Å²) in [5.74, 6) is 0. The van der Waals surface area contributed by atoms with Gasteiger partial charge in [-0.05, 0) is 12.5 Å². The molecule has 2 heterocycles. The van der Waals surface area contributed by atoms with Gasteiger partial charge < -0.3 is 0 Å². The molecule has 7 nitrogen and oxygen atoms in total. The molecule has 0 bridgehead atoms. The number of imidazole rings is 1. The van der Waals surface area contributed by atoms with Crippen LogP contribution in [0.1, 0.15) is 18.5 Å². The van der Waals surface area contributed by atoms with Crippen molar-refractivity contribution in [1.29, 1.82) is 0 Å². The van der Waals surface area contributed by atoms with Gasteiger partial charge in [-0.25, -0.2) is 9.59 Å². The van der Waals surface area contributed by atoms with Gasteiger partial charge in [0.15, 0.2) is 5.52 Å². The minimum atomic E-state index is -0.561. The van der Waals surface area contributed by atoms with Gasteiger partial charge >= 0.3 is 11.4 Å². The Balaban J connectivity index is 2.29. The molecule has 102 valence electrons. The standard InChI is InChI=1S/C13H12N4O3/c1-7(8-5-3-2-4-6-8)17-11(18)9-10(16-13(17)20)15-12(19)14-9/h2-7H,1H3,(H,16,20)(H2,14,15,19). The minimum absolute atomic E-state index is 0.0670. The van der Waals surface area contributed by atoms with Crippen molar-refractivity contribution in [3.63, 3.8) is 0 Å². The number of fused-ring (bicyclic) bond motifs is 1. The highest BCUT2D eigenvalue weighted by Crippen LogP contribution is 2.13. The maximum absolute atomic E-state index is 12.3. The molecular weight excluding hydrogens is 260 g/mol. The summed E-state index contributed by atoms with van der Waals surface area (Å²) in [5.41, 5.74) is -0.610. The van der Waals surface area contributed by atoms with Gasteiger partial charge in [-0.2, -0.15) is 0 Å². The maximum atomic E-state index is 12.3. The lowest BCUT2D eigenvalue weighted by molar-refractivity contribution is 0.584. The fourth-order valence-electron chi connectivity index (χ4n) is 2.25. The topological polar surface area (TPSA) is 104 Å². The zero-order valence-corrected chi connectivity index (χ0v) is 10.6. The minimum Gasteiger partial charge on any atom is -0.300 e. The maximum Gasteiger partial charge on any atom is 0.330 e. The Hall–Kier alpha value is -2.83. The highest BCUT2D eigenvalue weighted by atomic mass is 16.2. The molecule has 0 saturated carbocycles. The largest absolute Gasteiger partial charge is 0.330 e. The fraction of sp³-hybridized carbons (Fsp3) is 0.154. The summed E-state index contributed by atoms with van der Waals surface area (Å²) in [6, 6.07) is 8.76. The van der Waals surface area contributed by atoms with Crippen LogP contribution in [-0.2, 0) is 0 Å². The Labute approximate surface area is 111 Å². The smallest absolute Gasteiger partial charge is 0.300 e. The number of nitrogens with zero attached hydrogens (tertiary/aromatic N) is 1. The second-order valence-electron chi connectivity index (χ2n) is 4.52. The summed E-state index contributed by atoms with van der Waals surface area (Å²) in [7, 11) is 0. The molecule has 20 heavy (non-hydrogen) atoms. The van der Waals surface area contributed by atoms with Crippen LogP contribution in [0.5, 0.6) is 0 Å². The molecule has 0 aliphatic heterocycles. The van der Waals surface area contributed by atoms with Gasteiger partial charge in [0, 0.05) is 0 Å². The Bertz CT molecular complexity index is 930. The molecule has 1 aromatic carbocycles. The Morgan fingerprint density at radius 3 is 2.40 bits per heavy atom. The molecule has 0 fully saturated rings. The lowest BCUT2D eigenvalue weighted by atomic mass is 10.1. The number of benzene rings is 1. The highest BCUT2D eigenvalue weighted by Gasteiger charge is 2.16. The third-order valence-electron chi connectivity index (χ3n) is 3.28. The van der Waals surface area contributed by atoms with Gasteiger partial charge in [-0.15, -0.1) is 0 Å². The van der Waals surface area contributed by atoms with E-state index in [2.05, 4.69) is 15.0 Å². The van der Waals surface area contributed by atoms with Gasteiger partial charge in [0.1, 0.15) is 5.65 Å². The summed E-state index contributed by atoms with van der Waals surface area (Å²) in [5, 5.41) is 0. The van der Waals surface area contributed by atoms with Gasteiger partial charge in [-0.1, -0.05) is 30.3 Å². The number of hydrogen-bond donors (Lipinski definition) is 3. The van der Waals surface area contributed by atoms with Crippen molar-refractivity contribution in [2.75, 3.05) is 0 Å². The molecule has 7 heteroatoms. The van der Waals surface area contributed by atoms with Gasteiger partial charge in [-0.3, -0.25) is 24.3 Å². The van der Waals surface area contributed by atoms with Crippen molar-refractivity contribution < 1.29 is 0 Å². The molecule has 0 spiro atoms. The van der Waals surface area contributed by atoms with E-state index in [1.54, 1.807) is 6.92 Å². The molecule has 2 aromatic heterocycles. The molecule has 0 aliphatic rings. The molecule has 3 rings (SSSR count). The second-order valence-corrected chi connectivity index (χ2v) is 4.52. The highest BCUT2D eigenvalue weighted by molar-refractivity contribution is 5.67. The molecule has 3 N–H and O–H groups in total. The molecule has 0 aliphatic carbocycles. The Morgan fingerprint density at radius 1 is 1.00 bits per heavy atom. The van der Waals surface area contributed by atoms with Crippen LogP contribution < -0.4 is 16.9 Å². The number of rotatable bonds is 2. The molecule has 0 saturated heterocycles. The van der Waals surface area contributed by atoms with Gasteiger partial charge in [0.25, 0.3) is 5.56 Å². The van der Waals surface area contributed by atoms with Crippen LogP contribution in [0.4, 0.5) is 0 Å². The summed E-state index contributed by atoms with van der Waals surface area (Å²) >= 11 is 0. The lowest BCUT2D eigenvalue weighted by Gasteiger charge is -2.13. The van der Waals surface area contributed by atoms with Crippen LogP contribution >= 0.6 is 0 Å². The van der Waals surface area contributed by atoms with Crippen LogP contribution in [0, 0.1) is 0 Å². The van der Waals surface area contributed by atoms with Crippen molar-refractivity contribution in [2.24, 2.45) is 0 Å². The number of aromatic nitrogens is 4. The predicted molar refractivity (Wildman–Crippen MR) is 74.1 cm³/mol. The third-order valence-corrected chi connectivity index (χ3v) is 3.28. The van der Waals surface area contributed by atoms with E-state index in [0.717, 1.165) is 10.1 Å². The number of nitrogens with one attached hydrogen (secondary N) is 3. The van der Waals surface area contributed by atoms with E-state index in [1.165, 1.54) is 0 Å². The molecule has 1 atom stereocenters. The Kier molecular flexibility index (Phi) is 2.67. The van der Waals surface area contributed by atoms with Gasteiger partial charge in [0.05, 0.1) is 6.04 Å². The normalized spacial score (nSPS) is 12.7. The first-order chi connectivity index (χ1) is 9.58. The Morgan fingerprint density at radius 2 is 1.70 bits per heavy atom. The van der Waals surface area contributed by atoms with Crippen LogP contribution in [-0.4, -0.2) is 19.5 Å². The van der Waals surface area contributed by atoms with Crippen molar-refractivity contribution in [2.45, 2.75) is 13.0 Å². The average Bonchev–Trinajstić information content (AvgIpc) is 2.80.